The second-order valence-electron chi connectivity index (χ2n) is 3.63. The van der Waals surface area contributed by atoms with Crippen LogP contribution in [0.15, 0.2) is 24.3 Å². The minimum Gasteiger partial charge on any atom is -0.392 e. The maximum atomic E-state index is 10.8. The van der Waals surface area contributed by atoms with E-state index in [9.17, 15) is 15.2 Å². The number of para-hydroxylation sites is 2. The molecule has 1 rings (SSSR count). The summed E-state index contributed by atoms with van der Waals surface area (Å²) in [5.74, 6) is 0. The van der Waals surface area contributed by atoms with Crippen molar-refractivity contribution in [2.45, 2.75) is 20.0 Å². The van der Waals surface area contributed by atoms with Gasteiger partial charge in [0.25, 0.3) is 5.69 Å². The Balaban J connectivity index is 3.04. The molecule has 1 aromatic carbocycles. The van der Waals surface area contributed by atoms with Gasteiger partial charge in [0, 0.05) is 19.2 Å². The molecular weight excluding hydrogens is 208 g/mol. The van der Waals surface area contributed by atoms with E-state index in [1.807, 2.05) is 6.92 Å². The van der Waals surface area contributed by atoms with Crippen LogP contribution in [0.1, 0.15) is 13.8 Å². The lowest BCUT2D eigenvalue weighted by atomic mass is 10.2. The van der Waals surface area contributed by atoms with E-state index in [0.29, 0.717) is 18.8 Å². The quantitative estimate of drug-likeness (QED) is 0.611. The van der Waals surface area contributed by atoms with Crippen molar-refractivity contribution >= 4 is 11.4 Å². The first-order valence-corrected chi connectivity index (χ1v) is 5.22. The molecule has 0 heterocycles. The highest BCUT2D eigenvalue weighted by Gasteiger charge is 2.18. The summed E-state index contributed by atoms with van der Waals surface area (Å²) in [5.41, 5.74) is 0.626. The maximum Gasteiger partial charge on any atom is 0.292 e. The number of aliphatic hydroxyl groups excluding tert-OH is 1. The lowest BCUT2D eigenvalue weighted by Crippen LogP contribution is -2.31. The SMILES string of the molecule is CCN(CC(C)O)c1ccccc1[N+](=O)[O-]. The number of benzene rings is 1. The average molecular weight is 224 g/mol. The van der Waals surface area contributed by atoms with Crippen LogP contribution in [-0.4, -0.2) is 29.2 Å². The van der Waals surface area contributed by atoms with Gasteiger partial charge in [-0.2, -0.15) is 0 Å². The molecule has 5 heteroatoms. The van der Waals surface area contributed by atoms with Gasteiger partial charge in [0.15, 0.2) is 0 Å². The molecule has 0 radical (unpaired) electrons. The minimum atomic E-state index is -0.514. The van der Waals surface area contributed by atoms with Gasteiger partial charge in [0.1, 0.15) is 5.69 Å². The van der Waals surface area contributed by atoms with Crippen molar-refractivity contribution in [2.75, 3.05) is 18.0 Å². The molecule has 0 bridgehead atoms. The van der Waals surface area contributed by atoms with E-state index in [4.69, 9.17) is 0 Å². The standard InChI is InChI=1S/C11H16N2O3/c1-3-12(8-9(2)14)10-6-4-5-7-11(10)13(15)16/h4-7,9,14H,3,8H2,1-2H3. The van der Waals surface area contributed by atoms with Gasteiger partial charge in [-0.1, -0.05) is 12.1 Å². The molecule has 0 aromatic heterocycles. The number of anilines is 1. The number of rotatable bonds is 5. The molecule has 5 nitrogen and oxygen atoms in total. The van der Waals surface area contributed by atoms with Gasteiger partial charge in [-0.25, -0.2) is 0 Å². The molecular formula is C11H16N2O3. The molecule has 0 aliphatic carbocycles. The van der Waals surface area contributed by atoms with E-state index in [1.54, 1.807) is 30.0 Å². The molecule has 1 atom stereocenters. The van der Waals surface area contributed by atoms with Crippen LogP contribution in [0.25, 0.3) is 0 Å². The molecule has 1 unspecified atom stereocenters. The number of hydrogen-bond acceptors (Lipinski definition) is 4. The van der Waals surface area contributed by atoms with Crippen LogP contribution in [0.5, 0.6) is 0 Å². The summed E-state index contributed by atoms with van der Waals surface area (Å²) in [6.45, 7) is 4.58. The van der Waals surface area contributed by atoms with Gasteiger partial charge in [-0.3, -0.25) is 10.1 Å². The third-order valence-corrected chi connectivity index (χ3v) is 2.29. The average Bonchev–Trinajstić information content (AvgIpc) is 2.25. The molecule has 0 spiro atoms. The number of aliphatic hydroxyl groups is 1. The zero-order chi connectivity index (χ0) is 12.1. The zero-order valence-corrected chi connectivity index (χ0v) is 9.46. The van der Waals surface area contributed by atoms with E-state index in [2.05, 4.69) is 0 Å². The maximum absolute atomic E-state index is 10.8. The zero-order valence-electron chi connectivity index (χ0n) is 9.46. The Morgan fingerprint density at radius 2 is 2.12 bits per heavy atom. The predicted octanol–water partition coefficient (Wildman–Crippen LogP) is 1.80. The Morgan fingerprint density at radius 3 is 2.62 bits per heavy atom. The highest BCUT2D eigenvalue weighted by atomic mass is 16.6. The van der Waals surface area contributed by atoms with Crippen molar-refractivity contribution in [1.29, 1.82) is 0 Å². The first-order valence-electron chi connectivity index (χ1n) is 5.22. The van der Waals surface area contributed by atoms with E-state index < -0.39 is 11.0 Å². The molecule has 0 amide bonds. The highest BCUT2D eigenvalue weighted by Crippen LogP contribution is 2.27. The van der Waals surface area contributed by atoms with Crippen molar-refractivity contribution in [2.24, 2.45) is 0 Å². The Morgan fingerprint density at radius 1 is 1.50 bits per heavy atom. The molecule has 88 valence electrons. The Hall–Kier alpha value is -1.62. The first-order chi connectivity index (χ1) is 7.56. The smallest absolute Gasteiger partial charge is 0.292 e. The summed E-state index contributed by atoms with van der Waals surface area (Å²) in [4.78, 5) is 12.2. The van der Waals surface area contributed by atoms with Crippen LogP contribution in [0, 0.1) is 10.1 Å². The molecule has 0 aliphatic heterocycles. The van der Waals surface area contributed by atoms with Crippen molar-refractivity contribution in [1.82, 2.24) is 0 Å². The number of nitro benzene ring substituents is 1. The number of likely N-dealkylation sites (N-methyl/N-ethyl adjacent to an activating group) is 1. The topological polar surface area (TPSA) is 66.6 Å². The molecule has 0 saturated heterocycles. The summed E-state index contributed by atoms with van der Waals surface area (Å²) in [7, 11) is 0. The highest BCUT2D eigenvalue weighted by molar-refractivity contribution is 5.63. The van der Waals surface area contributed by atoms with E-state index in [0.717, 1.165) is 0 Å². The summed E-state index contributed by atoms with van der Waals surface area (Å²) in [6.07, 6.45) is -0.514. The number of nitrogens with zero attached hydrogens (tertiary/aromatic N) is 2. The second kappa shape index (κ2) is 5.46. The molecule has 1 N–H and O–H groups in total. The van der Waals surface area contributed by atoms with Gasteiger partial charge in [-0.05, 0) is 19.9 Å². The first kappa shape index (κ1) is 12.4. The molecule has 0 saturated carbocycles. The van der Waals surface area contributed by atoms with Crippen LogP contribution in [0.4, 0.5) is 11.4 Å². The van der Waals surface area contributed by atoms with Gasteiger partial charge >= 0.3 is 0 Å². The lowest BCUT2D eigenvalue weighted by Gasteiger charge is -2.24. The normalized spacial score (nSPS) is 12.2. The van der Waals surface area contributed by atoms with Crippen LogP contribution >= 0.6 is 0 Å². The third kappa shape index (κ3) is 2.93. The predicted molar refractivity (Wildman–Crippen MR) is 62.7 cm³/mol. The lowest BCUT2D eigenvalue weighted by molar-refractivity contribution is -0.384. The number of hydrogen-bond donors (Lipinski definition) is 1. The van der Waals surface area contributed by atoms with Gasteiger partial charge in [0.05, 0.1) is 11.0 Å². The van der Waals surface area contributed by atoms with Crippen LogP contribution in [0.3, 0.4) is 0 Å². The fourth-order valence-electron chi connectivity index (χ4n) is 1.60. The monoisotopic (exact) mass is 224 g/mol. The van der Waals surface area contributed by atoms with Crippen LogP contribution in [0.2, 0.25) is 0 Å². The fourth-order valence-corrected chi connectivity index (χ4v) is 1.60. The Kier molecular flexibility index (Phi) is 4.25. The van der Waals surface area contributed by atoms with E-state index in [-0.39, 0.29) is 5.69 Å². The van der Waals surface area contributed by atoms with Crippen molar-refractivity contribution < 1.29 is 10.0 Å². The largest absolute Gasteiger partial charge is 0.392 e. The van der Waals surface area contributed by atoms with Crippen LogP contribution in [-0.2, 0) is 0 Å². The summed E-state index contributed by atoms with van der Waals surface area (Å²) < 4.78 is 0. The van der Waals surface area contributed by atoms with E-state index in [1.165, 1.54) is 6.07 Å². The molecule has 0 fully saturated rings. The van der Waals surface area contributed by atoms with Gasteiger partial charge in [-0.15, -0.1) is 0 Å². The Bertz CT molecular complexity index is 366. The van der Waals surface area contributed by atoms with Crippen LogP contribution < -0.4 is 4.90 Å². The molecule has 16 heavy (non-hydrogen) atoms. The summed E-state index contributed by atoms with van der Waals surface area (Å²) >= 11 is 0. The summed E-state index contributed by atoms with van der Waals surface area (Å²) in [5, 5.41) is 20.2. The molecule has 1 aromatic rings. The van der Waals surface area contributed by atoms with Crippen molar-refractivity contribution in [3.8, 4) is 0 Å². The van der Waals surface area contributed by atoms with Crippen molar-refractivity contribution in [3.63, 3.8) is 0 Å². The fraction of sp³-hybridized carbons (Fsp3) is 0.455. The van der Waals surface area contributed by atoms with E-state index >= 15 is 0 Å². The third-order valence-electron chi connectivity index (χ3n) is 2.29. The molecule has 0 aliphatic rings. The van der Waals surface area contributed by atoms with Crippen molar-refractivity contribution in [3.05, 3.63) is 34.4 Å². The summed E-state index contributed by atoms with van der Waals surface area (Å²) in [6, 6.07) is 6.56. The Labute approximate surface area is 94.5 Å². The minimum absolute atomic E-state index is 0.0741. The van der Waals surface area contributed by atoms with Gasteiger partial charge < -0.3 is 10.0 Å². The number of nitro groups is 1. The second-order valence-corrected chi connectivity index (χ2v) is 3.63. The van der Waals surface area contributed by atoms with Gasteiger partial charge in [0.2, 0.25) is 0 Å².